The maximum atomic E-state index is 14.1. The van der Waals surface area contributed by atoms with Crippen molar-refractivity contribution in [1.29, 1.82) is 0 Å². The predicted molar refractivity (Wildman–Crippen MR) is 164 cm³/mol. The van der Waals surface area contributed by atoms with E-state index in [1.165, 1.54) is 22.5 Å². The summed E-state index contributed by atoms with van der Waals surface area (Å²) in [7, 11) is 0. The highest BCUT2D eigenvalue weighted by molar-refractivity contribution is 7.07. The highest BCUT2D eigenvalue weighted by Crippen LogP contribution is 2.41. The van der Waals surface area contributed by atoms with E-state index in [1.54, 1.807) is 0 Å². The first kappa shape index (κ1) is 25.3. The van der Waals surface area contributed by atoms with E-state index in [0.717, 1.165) is 57.1 Å². The average Bonchev–Trinajstić information content (AvgIpc) is 3.42. The van der Waals surface area contributed by atoms with Gasteiger partial charge in [0, 0.05) is 32.7 Å². The van der Waals surface area contributed by atoms with Crippen LogP contribution in [-0.4, -0.2) is 9.13 Å². The maximum absolute atomic E-state index is 14.1. The van der Waals surface area contributed by atoms with E-state index in [1.807, 2.05) is 59.2 Å². The summed E-state index contributed by atoms with van der Waals surface area (Å²) in [6.07, 6.45) is 3.79. The van der Waals surface area contributed by atoms with Crippen LogP contribution in [0.3, 0.4) is 0 Å². The number of nitrogens with zero attached hydrogens (tertiary/aromatic N) is 3. The summed E-state index contributed by atoms with van der Waals surface area (Å²) >= 11 is 13.8. The maximum Gasteiger partial charge on any atom is 0.271 e. The Labute approximate surface area is 245 Å². The number of aryl methyl sites for hydroxylation is 2. The first-order chi connectivity index (χ1) is 19.4. The molecule has 0 radical (unpaired) electrons. The summed E-state index contributed by atoms with van der Waals surface area (Å²) in [5, 5.41) is 1.38. The number of hydrogen-bond donors (Lipinski definition) is 0. The van der Waals surface area contributed by atoms with Crippen molar-refractivity contribution in [2.75, 3.05) is 0 Å². The molecule has 2 aliphatic rings. The van der Waals surface area contributed by atoms with Gasteiger partial charge in [-0.1, -0.05) is 70.9 Å². The Bertz CT molecular complexity index is 2010. The highest BCUT2D eigenvalue weighted by atomic mass is 35.5. The molecule has 0 saturated carbocycles. The van der Waals surface area contributed by atoms with E-state index < -0.39 is 0 Å². The van der Waals surface area contributed by atoms with Gasteiger partial charge in [0.1, 0.15) is 0 Å². The second-order valence-corrected chi connectivity index (χ2v) is 12.2. The molecule has 1 atom stereocenters. The fraction of sp³-hybridized carbons (Fsp3) is 0.152. The summed E-state index contributed by atoms with van der Waals surface area (Å²) < 4.78 is 4.73. The molecule has 198 valence electrons. The van der Waals surface area contributed by atoms with Crippen LogP contribution in [0.5, 0.6) is 0 Å². The molecule has 1 aliphatic heterocycles. The molecule has 2 aromatic heterocycles. The Morgan fingerprint density at radius 1 is 0.925 bits per heavy atom. The molecule has 5 aromatic rings. The van der Waals surface area contributed by atoms with Gasteiger partial charge in [-0.05, 0) is 97.5 Å². The van der Waals surface area contributed by atoms with E-state index >= 15 is 0 Å². The Kier molecular flexibility index (Phi) is 6.19. The van der Waals surface area contributed by atoms with Gasteiger partial charge in [-0.25, -0.2) is 4.99 Å². The first-order valence-corrected chi connectivity index (χ1v) is 14.8. The molecule has 0 amide bonds. The third kappa shape index (κ3) is 4.12. The van der Waals surface area contributed by atoms with Crippen molar-refractivity contribution < 1.29 is 0 Å². The molecule has 0 saturated heterocycles. The Morgan fingerprint density at radius 3 is 2.38 bits per heavy atom. The minimum absolute atomic E-state index is 0.0228. The summed E-state index contributed by atoms with van der Waals surface area (Å²) in [6, 6.07) is 26.0. The molecule has 3 heterocycles. The van der Waals surface area contributed by atoms with E-state index in [-0.39, 0.29) is 11.6 Å². The smallest absolute Gasteiger partial charge is 0.271 e. The number of hydrogen-bond acceptors (Lipinski definition) is 3. The third-order valence-electron chi connectivity index (χ3n) is 7.90. The Balaban J connectivity index is 1.43. The molecular weight excluding hydrogens is 557 g/mol. The monoisotopic (exact) mass is 581 g/mol. The zero-order valence-corrected chi connectivity index (χ0v) is 24.3. The van der Waals surface area contributed by atoms with Crippen LogP contribution in [0.2, 0.25) is 10.0 Å². The number of thiazole rings is 1. The van der Waals surface area contributed by atoms with Gasteiger partial charge in [-0.3, -0.25) is 9.36 Å². The molecule has 3 aromatic carbocycles. The molecule has 0 unspecified atom stereocenters. The fourth-order valence-corrected chi connectivity index (χ4v) is 7.27. The average molecular weight is 583 g/mol. The van der Waals surface area contributed by atoms with Crippen LogP contribution in [0, 0.1) is 13.8 Å². The standard InChI is InChI=1S/C33H25Cl2N3OS/c1-19-17-23(20(2)37(19)26-14-12-25(35)13-15-26)18-29-32(39)38-31(22-7-10-24(34)11-8-22)28-16-9-21-5-3-4-6-27(21)30(28)36-33(38)40-29/h3-8,10-15,17-18,31H,9,16H2,1-2H3/b29-18+/t31-/m0/s1. The summed E-state index contributed by atoms with van der Waals surface area (Å²) in [5.41, 5.74) is 9.85. The van der Waals surface area contributed by atoms with Gasteiger partial charge in [0.15, 0.2) is 4.80 Å². The van der Waals surface area contributed by atoms with Crippen LogP contribution < -0.4 is 14.9 Å². The van der Waals surface area contributed by atoms with Crippen LogP contribution in [0.15, 0.2) is 94.2 Å². The van der Waals surface area contributed by atoms with Gasteiger partial charge < -0.3 is 4.57 Å². The predicted octanol–water partition coefficient (Wildman–Crippen LogP) is 7.03. The number of rotatable bonds is 3. The number of benzene rings is 3. The molecule has 40 heavy (non-hydrogen) atoms. The summed E-state index contributed by atoms with van der Waals surface area (Å²) in [4.78, 5) is 20.0. The van der Waals surface area contributed by atoms with Crippen LogP contribution in [-0.2, 0) is 6.42 Å². The van der Waals surface area contributed by atoms with Crippen molar-refractivity contribution >= 4 is 46.3 Å². The molecule has 7 rings (SSSR count). The minimum Gasteiger partial charge on any atom is -0.318 e. The largest absolute Gasteiger partial charge is 0.318 e. The van der Waals surface area contributed by atoms with Crippen LogP contribution in [0.25, 0.3) is 17.5 Å². The molecule has 0 fully saturated rings. The Hall–Kier alpha value is -3.64. The van der Waals surface area contributed by atoms with Crippen LogP contribution in [0.1, 0.15) is 46.1 Å². The van der Waals surface area contributed by atoms with Gasteiger partial charge in [0.25, 0.3) is 5.56 Å². The fourth-order valence-electron chi connectivity index (χ4n) is 6.03. The zero-order valence-electron chi connectivity index (χ0n) is 22.0. The molecule has 7 heteroatoms. The number of allylic oxidation sites excluding steroid dienone is 1. The van der Waals surface area contributed by atoms with E-state index in [9.17, 15) is 4.79 Å². The number of fused-ring (bicyclic) bond motifs is 3. The van der Waals surface area contributed by atoms with Crippen molar-refractivity contribution in [1.82, 2.24) is 9.13 Å². The SMILES string of the molecule is Cc1cc(/C=c2/sc3n(c2=O)[C@@H](c2ccc(Cl)cc2)C2=C(N=3)c3ccccc3CC2)c(C)n1-c1ccc(Cl)cc1. The number of halogens is 2. The normalized spacial score (nSPS) is 16.4. The van der Waals surface area contributed by atoms with Gasteiger partial charge in [0.05, 0.1) is 16.3 Å². The molecule has 1 aliphatic carbocycles. The second-order valence-electron chi connectivity index (χ2n) is 10.3. The lowest BCUT2D eigenvalue weighted by Gasteiger charge is -2.30. The minimum atomic E-state index is -0.222. The highest BCUT2D eigenvalue weighted by Gasteiger charge is 2.32. The van der Waals surface area contributed by atoms with Crippen LogP contribution in [0.4, 0.5) is 0 Å². The second kappa shape index (κ2) is 9.77. The van der Waals surface area contributed by atoms with Gasteiger partial charge >= 0.3 is 0 Å². The molecule has 0 bridgehead atoms. The molecular formula is C33H25Cl2N3OS. The van der Waals surface area contributed by atoms with Gasteiger partial charge in [-0.15, -0.1) is 0 Å². The van der Waals surface area contributed by atoms with Crippen molar-refractivity contribution in [3.05, 3.63) is 148 Å². The van der Waals surface area contributed by atoms with Crippen molar-refractivity contribution in [2.24, 2.45) is 4.99 Å². The van der Waals surface area contributed by atoms with Crippen molar-refractivity contribution in [3.8, 4) is 5.69 Å². The van der Waals surface area contributed by atoms with E-state index in [4.69, 9.17) is 28.2 Å². The Morgan fingerprint density at radius 2 is 1.62 bits per heavy atom. The van der Waals surface area contributed by atoms with Gasteiger partial charge in [-0.2, -0.15) is 0 Å². The summed E-state index contributed by atoms with van der Waals surface area (Å²) in [5.74, 6) is 0. The van der Waals surface area contributed by atoms with Crippen molar-refractivity contribution in [2.45, 2.75) is 32.7 Å². The molecule has 0 N–H and O–H groups in total. The lowest BCUT2D eigenvalue weighted by atomic mass is 9.83. The van der Waals surface area contributed by atoms with E-state index in [2.05, 4.69) is 48.7 Å². The quantitative estimate of drug-likeness (QED) is 0.225. The first-order valence-electron chi connectivity index (χ1n) is 13.2. The number of aromatic nitrogens is 2. The van der Waals surface area contributed by atoms with Crippen LogP contribution >= 0.6 is 34.5 Å². The zero-order chi connectivity index (χ0) is 27.5. The van der Waals surface area contributed by atoms with E-state index in [0.29, 0.717) is 14.6 Å². The van der Waals surface area contributed by atoms with Gasteiger partial charge in [0.2, 0.25) is 0 Å². The van der Waals surface area contributed by atoms with Crippen molar-refractivity contribution in [3.63, 3.8) is 0 Å². The summed E-state index contributed by atoms with van der Waals surface area (Å²) in [6.45, 7) is 4.16. The topological polar surface area (TPSA) is 39.3 Å². The molecule has 4 nitrogen and oxygen atoms in total. The third-order valence-corrected chi connectivity index (χ3v) is 9.39. The lowest BCUT2D eigenvalue weighted by molar-refractivity contribution is 0.585. The molecule has 0 spiro atoms. The lowest BCUT2D eigenvalue weighted by Crippen LogP contribution is -2.38.